The summed E-state index contributed by atoms with van der Waals surface area (Å²) in [4.78, 5) is 2.53. The van der Waals surface area contributed by atoms with Crippen LogP contribution < -0.4 is 4.90 Å². The molecule has 0 amide bonds. The molecule has 0 saturated heterocycles. The first-order valence-electron chi connectivity index (χ1n) is 23.4. The minimum absolute atomic E-state index is 1.08. The van der Waals surface area contributed by atoms with E-state index in [1.807, 2.05) is 0 Å². The van der Waals surface area contributed by atoms with Gasteiger partial charge in [-0.15, -0.1) is 0 Å². The van der Waals surface area contributed by atoms with E-state index in [-0.39, 0.29) is 0 Å². The number of hydrogen-bond donors (Lipinski definition) is 0. The van der Waals surface area contributed by atoms with Crippen LogP contribution in [0.25, 0.3) is 104 Å². The van der Waals surface area contributed by atoms with Gasteiger partial charge in [0, 0.05) is 33.0 Å². The Balaban J connectivity index is 1.10. The first kappa shape index (κ1) is 39.4. The molecule has 0 radical (unpaired) electrons. The van der Waals surface area contributed by atoms with E-state index < -0.39 is 0 Å². The summed E-state index contributed by atoms with van der Waals surface area (Å²) in [6, 6.07) is 97.8. The van der Waals surface area contributed by atoms with Gasteiger partial charge in [0.25, 0.3) is 0 Å². The first-order chi connectivity index (χ1) is 33.8. The number of benzene rings is 12. The van der Waals surface area contributed by atoms with Gasteiger partial charge in [-0.1, -0.05) is 218 Å². The predicted octanol–water partition coefficient (Wildman–Crippen LogP) is 18.4. The van der Waals surface area contributed by atoms with Crippen molar-refractivity contribution in [2.24, 2.45) is 0 Å². The lowest BCUT2D eigenvalue weighted by atomic mass is 9.91. The summed E-state index contributed by atoms with van der Waals surface area (Å²) in [5.74, 6) is 0. The van der Waals surface area contributed by atoms with Crippen molar-refractivity contribution in [2.45, 2.75) is 0 Å². The average molecular weight is 865 g/mol. The molecule has 0 atom stereocenters. The fourth-order valence-electron chi connectivity index (χ4n) is 10.7. The summed E-state index contributed by atoms with van der Waals surface area (Å²) in [6.07, 6.45) is 0. The average Bonchev–Trinajstić information content (AvgIpc) is 3.75. The van der Waals surface area contributed by atoms with Gasteiger partial charge in [0.1, 0.15) is 0 Å². The van der Waals surface area contributed by atoms with Crippen molar-refractivity contribution in [1.29, 1.82) is 0 Å². The number of nitrogens with zero attached hydrogens (tertiary/aromatic N) is 2. The quantitative estimate of drug-likeness (QED) is 0.148. The Morgan fingerprint density at radius 2 is 0.765 bits per heavy atom. The molecule has 2 nitrogen and oxygen atoms in total. The molecule has 0 aliphatic heterocycles. The molecular formula is C66H44N2. The van der Waals surface area contributed by atoms with Gasteiger partial charge < -0.3 is 9.47 Å². The van der Waals surface area contributed by atoms with E-state index in [4.69, 9.17) is 0 Å². The molecule has 13 aromatic rings. The minimum Gasteiger partial charge on any atom is -0.309 e. The maximum absolute atomic E-state index is 2.53. The van der Waals surface area contributed by atoms with Gasteiger partial charge in [0.15, 0.2) is 0 Å². The van der Waals surface area contributed by atoms with Crippen molar-refractivity contribution >= 4 is 71.2 Å². The number of fused-ring (bicyclic) bond motifs is 6. The van der Waals surface area contributed by atoms with Crippen molar-refractivity contribution in [3.05, 3.63) is 267 Å². The molecule has 0 bridgehead atoms. The molecule has 13 rings (SSSR count). The molecule has 0 spiro atoms. The van der Waals surface area contributed by atoms with Crippen LogP contribution in [0.1, 0.15) is 0 Å². The van der Waals surface area contributed by atoms with Crippen LogP contribution in [0.5, 0.6) is 0 Å². The molecule has 0 aliphatic carbocycles. The lowest BCUT2D eigenvalue weighted by molar-refractivity contribution is 1.18. The molecule has 0 N–H and O–H groups in total. The highest BCUT2D eigenvalue weighted by atomic mass is 15.1. The highest BCUT2D eigenvalue weighted by Gasteiger charge is 2.25. The summed E-state index contributed by atoms with van der Waals surface area (Å²) < 4.78 is 2.43. The third-order valence-electron chi connectivity index (χ3n) is 13.8. The van der Waals surface area contributed by atoms with Crippen molar-refractivity contribution in [3.63, 3.8) is 0 Å². The highest BCUT2D eigenvalue weighted by molar-refractivity contribution is 6.12. The van der Waals surface area contributed by atoms with Crippen molar-refractivity contribution in [1.82, 2.24) is 4.57 Å². The number of anilines is 3. The van der Waals surface area contributed by atoms with E-state index in [1.54, 1.807) is 0 Å². The SMILES string of the molecule is c1ccc(-c2ccc(-n3c4ccccc4c4ccccc43)cc2-c2ccccc2N(c2ccccc2-c2cccc3ccccc23)c2ccc(-c3ccc4ccccc4c3)c3ccccc23)cc1. The van der Waals surface area contributed by atoms with Crippen LogP contribution >= 0.6 is 0 Å². The maximum atomic E-state index is 2.53. The summed E-state index contributed by atoms with van der Waals surface area (Å²) in [5, 5.41) is 9.76. The Bertz CT molecular complexity index is 3990. The number of aromatic nitrogens is 1. The van der Waals surface area contributed by atoms with Gasteiger partial charge in [-0.3, -0.25) is 0 Å². The Kier molecular flexibility index (Phi) is 9.54. The van der Waals surface area contributed by atoms with Crippen LogP contribution in [0.2, 0.25) is 0 Å². The zero-order chi connectivity index (χ0) is 45.0. The van der Waals surface area contributed by atoms with E-state index in [0.29, 0.717) is 0 Å². The number of para-hydroxylation sites is 4. The van der Waals surface area contributed by atoms with Crippen LogP contribution in [0.3, 0.4) is 0 Å². The van der Waals surface area contributed by atoms with Crippen LogP contribution in [0.4, 0.5) is 17.1 Å². The van der Waals surface area contributed by atoms with E-state index in [2.05, 4.69) is 276 Å². The summed E-state index contributed by atoms with van der Waals surface area (Å²) in [7, 11) is 0. The first-order valence-corrected chi connectivity index (χ1v) is 23.4. The highest BCUT2D eigenvalue weighted by Crippen LogP contribution is 2.50. The molecule has 12 aromatic carbocycles. The van der Waals surface area contributed by atoms with E-state index in [1.165, 1.54) is 81.9 Å². The normalized spacial score (nSPS) is 11.5. The molecule has 2 heteroatoms. The standard InChI is InChI=1S/C66H44N2/c1-2-20-46(21-3-1)52-40-39-50(67-62-33-14-11-29-58(62)59-30-12-15-34-63(59)67)44-61(52)60-31-13-17-36-65(60)68(64-35-16-10-28-56(64)55-32-18-24-47-22-6-7-25-51(47)55)66-42-41-53(54-26-8-9-27-57(54)66)49-38-37-45-19-4-5-23-48(45)43-49/h1-44H. The van der Waals surface area contributed by atoms with Gasteiger partial charge in [-0.2, -0.15) is 0 Å². The smallest absolute Gasteiger partial charge is 0.0541 e. The topological polar surface area (TPSA) is 8.17 Å². The van der Waals surface area contributed by atoms with Gasteiger partial charge in [-0.25, -0.2) is 0 Å². The van der Waals surface area contributed by atoms with Crippen LogP contribution in [-0.4, -0.2) is 4.57 Å². The Morgan fingerprint density at radius 1 is 0.235 bits per heavy atom. The Morgan fingerprint density at radius 3 is 1.50 bits per heavy atom. The Labute approximate surface area is 395 Å². The fourth-order valence-corrected chi connectivity index (χ4v) is 10.7. The van der Waals surface area contributed by atoms with Crippen LogP contribution in [0.15, 0.2) is 267 Å². The summed E-state index contributed by atoms with van der Waals surface area (Å²) >= 11 is 0. The van der Waals surface area contributed by atoms with Gasteiger partial charge in [-0.05, 0) is 109 Å². The second kappa shape index (κ2) is 16.5. The molecule has 1 aromatic heterocycles. The van der Waals surface area contributed by atoms with Crippen LogP contribution in [0, 0.1) is 0 Å². The van der Waals surface area contributed by atoms with Crippen molar-refractivity contribution in [2.75, 3.05) is 4.90 Å². The molecule has 1 heterocycles. The van der Waals surface area contributed by atoms with Gasteiger partial charge in [0.05, 0.1) is 28.1 Å². The molecule has 0 fully saturated rings. The van der Waals surface area contributed by atoms with Crippen LogP contribution in [-0.2, 0) is 0 Å². The minimum atomic E-state index is 1.08. The lowest BCUT2D eigenvalue weighted by Crippen LogP contribution is -2.13. The molecular weight excluding hydrogens is 821 g/mol. The van der Waals surface area contributed by atoms with Gasteiger partial charge >= 0.3 is 0 Å². The predicted molar refractivity (Wildman–Crippen MR) is 290 cm³/mol. The van der Waals surface area contributed by atoms with Crippen molar-refractivity contribution < 1.29 is 0 Å². The lowest BCUT2D eigenvalue weighted by Gasteiger charge is -2.32. The Hall–Kier alpha value is -8.98. The molecule has 318 valence electrons. The summed E-state index contributed by atoms with van der Waals surface area (Å²) in [5.41, 5.74) is 16.1. The second-order valence-corrected chi connectivity index (χ2v) is 17.6. The molecule has 68 heavy (non-hydrogen) atoms. The third-order valence-corrected chi connectivity index (χ3v) is 13.8. The van der Waals surface area contributed by atoms with E-state index >= 15 is 0 Å². The largest absolute Gasteiger partial charge is 0.309 e. The molecule has 0 unspecified atom stereocenters. The van der Waals surface area contributed by atoms with E-state index in [9.17, 15) is 0 Å². The van der Waals surface area contributed by atoms with Gasteiger partial charge in [0.2, 0.25) is 0 Å². The maximum Gasteiger partial charge on any atom is 0.0541 e. The summed E-state index contributed by atoms with van der Waals surface area (Å²) in [6.45, 7) is 0. The molecule has 0 aliphatic rings. The molecule has 0 saturated carbocycles. The number of hydrogen-bond acceptors (Lipinski definition) is 1. The monoisotopic (exact) mass is 864 g/mol. The van der Waals surface area contributed by atoms with E-state index in [0.717, 1.165) is 39.4 Å². The van der Waals surface area contributed by atoms with Crippen molar-refractivity contribution in [3.8, 4) is 50.2 Å². The zero-order valence-electron chi connectivity index (χ0n) is 37.3. The zero-order valence-corrected chi connectivity index (χ0v) is 37.3. The number of rotatable bonds is 8. The third kappa shape index (κ3) is 6.57. The fraction of sp³-hybridized carbons (Fsp3) is 0. The second-order valence-electron chi connectivity index (χ2n) is 17.6.